The van der Waals surface area contributed by atoms with Crippen LogP contribution in [0.2, 0.25) is 0 Å². The Morgan fingerprint density at radius 1 is 0.971 bits per heavy atom. The Hall–Kier alpha value is -3.85. The lowest BCUT2D eigenvalue weighted by molar-refractivity contribution is -0.113. The first-order valence-electron chi connectivity index (χ1n) is 11.2. The molecule has 0 saturated carbocycles. The van der Waals surface area contributed by atoms with Gasteiger partial charge in [-0.1, -0.05) is 54.2 Å². The number of hydrogen-bond acceptors (Lipinski definition) is 6. The Morgan fingerprint density at radius 2 is 1.71 bits per heavy atom. The van der Waals surface area contributed by atoms with Gasteiger partial charge < -0.3 is 15.1 Å². The molecule has 0 radical (unpaired) electrons. The molecule has 4 aromatic rings. The molecule has 8 nitrogen and oxygen atoms in total. The van der Waals surface area contributed by atoms with Gasteiger partial charge in [0.2, 0.25) is 11.7 Å². The molecule has 0 aliphatic rings. The average Bonchev–Trinajstić information content (AvgIpc) is 3.48. The lowest BCUT2D eigenvalue weighted by Crippen LogP contribution is -2.40. The average molecular weight is 490 g/mol. The number of carbonyl (C=O) groups is 2. The molecule has 0 unspecified atom stereocenters. The van der Waals surface area contributed by atoms with E-state index >= 15 is 0 Å². The van der Waals surface area contributed by atoms with E-state index in [0.717, 1.165) is 5.56 Å². The Morgan fingerprint density at radius 3 is 2.43 bits per heavy atom. The number of rotatable bonds is 8. The number of nitrogens with one attached hydrogen (secondary N) is 2. The predicted octanol–water partition coefficient (Wildman–Crippen LogP) is 4.85. The zero-order valence-electron chi connectivity index (χ0n) is 19.8. The zero-order chi connectivity index (χ0) is 24.8. The van der Waals surface area contributed by atoms with E-state index in [1.807, 2.05) is 61.7 Å². The molecule has 2 heterocycles. The van der Waals surface area contributed by atoms with Gasteiger partial charge >= 0.3 is 0 Å². The molecule has 0 fully saturated rings. The van der Waals surface area contributed by atoms with Crippen molar-refractivity contribution in [2.24, 2.45) is 0 Å². The van der Waals surface area contributed by atoms with Crippen molar-refractivity contribution in [1.82, 2.24) is 20.1 Å². The fourth-order valence-corrected chi connectivity index (χ4v) is 4.14. The summed E-state index contributed by atoms with van der Waals surface area (Å²) >= 11 is 1.27. The van der Waals surface area contributed by atoms with Crippen molar-refractivity contribution in [2.75, 3.05) is 11.1 Å². The van der Waals surface area contributed by atoms with Gasteiger partial charge in [0.25, 0.3) is 5.91 Å². The third-order valence-electron chi connectivity index (χ3n) is 4.91. The molecule has 0 saturated heterocycles. The van der Waals surface area contributed by atoms with Gasteiger partial charge in [0.05, 0.1) is 29.8 Å². The van der Waals surface area contributed by atoms with Crippen LogP contribution in [0.15, 0.2) is 82.6 Å². The number of hydrogen-bond donors (Lipinski definition) is 2. The summed E-state index contributed by atoms with van der Waals surface area (Å²) in [5.74, 6) is 0.793. The molecule has 0 spiro atoms. The Bertz CT molecular complexity index is 1290. The highest BCUT2D eigenvalue weighted by Crippen LogP contribution is 2.26. The summed E-state index contributed by atoms with van der Waals surface area (Å²) in [6, 6.07) is 20.5. The summed E-state index contributed by atoms with van der Waals surface area (Å²) < 4.78 is 7.46. The molecule has 4 rings (SSSR count). The van der Waals surface area contributed by atoms with Crippen LogP contribution in [0.4, 0.5) is 5.69 Å². The summed E-state index contributed by atoms with van der Waals surface area (Å²) in [5.41, 5.74) is 1.55. The van der Waals surface area contributed by atoms with Crippen molar-refractivity contribution in [3.8, 4) is 11.6 Å². The van der Waals surface area contributed by atoms with Gasteiger partial charge in [0.1, 0.15) is 0 Å². The first-order chi connectivity index (χ1) is 16.8. The molecule has 0 atom stereocenters. The second-order valence-corrected chi connectivity index (χ2v) is 9.88. The van der Waals surface area contributed by atoms with E-state index in [-0.39, 0.29) is 17.6 Å². The SMILES string of the molecule is CC(C)(C)NC(=O)c1ccccc1NC(=O)CSc1nnc(-c2ccco2)n1Cc1ccccc1. The predicted molar refractivity (Wildman–Crippen MR) is 136 cm³/mol. The lowest BCUT2D eigenvalue weighted by atomic mass is 10.1. The largest absolute Gasteiger partial charge is 0.461 e. The fraction of sp³-hybridized carbons (Fsp3) is 0.231. The number of thioether (sulfide) groups is 1. The highest BCUT2D eigenvalue weighted by Gasteiger charge is 2.20. The maximum atomic E-state index is 12.8. The molecule has 2 aromatic carbocycles. The van der Waals surface area contributed by atoms with Crippen molar-refractivity contribution in [3.05, 3.63) is 84.1 Å². The summed E-state index contributed by atoms with van der Waals surface area (Å²) in [7, 11) is 0. The zero-order valence-corrected chi connectivity index (χ0v) is 20.6. The maximum absolute atomic E-state index is 12.8. The van der Waals surface area contributed by atoms with E-state index in [1.54, 1.807) is 36.6 Å². The Labute approximate surface area is 208 Å². The molecule has 2 aromatic heterocycles. The van der Waals surface area contributed by atoms with Gasteiger partial charge in [0.15, 0.2) is 10.9 Å². The van der Waals surface area contributed by atoms with E-state index in [2.05, 4.69) is 20.8 Å². The van der Waals surface area contributed by atoms with Crippen molar-refractivity contribution >= 4 is 29.3 Å². The van der Waals surface area contributed by atoms with Crippen LogP contribution in [0.25, 0.3) is 11.6 Å². The van der Waals surface area contributed by atoms with Crippen molar-refractivity contribution in [1.29, 1.82) is 0 Å². The van der Waals surface area contributed by atoms with Gasteiger partial charge in [-0.05, 0) is 50.6 Å². The molecular formula is C26H27N5O3S. The van der Waals surface area contributed by atoms with E-state index in [1.165, 1.54) is 11.8 Å². The summed E-state index contributed by atoms with van der Waals surface area (Å²) in [5, 5.41) is 15.0. The molecular weight excluding hydrogens is 462 g/mol. The molecule has 9 heteroatoms. The number of furan rings is 1. The monoisotopic (exact) mass is 489 g/mol. The van der Waals surface area contributed by atoms with Gasteiger partial charge in [-0.15, -0.1) is 10.2 Å². The summed E-state index contributed by atoms with van der Waals surface area (Å²) in [6.45, 7) is 6.26. The second-order valence-electron chi connectivity index (χ2n) is 8.94. The minimum absolute atomic E-state index is 0.0975. The highest BCUT2D eigenvalue weighted by atomic mass is 32.2. The standard InChI is InChI=1S/C26H27N5O3S/c1-26(2,3)28-24(33)19-12-7-8-13-20(19)27-22(32)17-35-25-30-29-23(21-14-9-15-34-21)31(25)16-18-10-5-4-6-11-18/h4-15H,16-17H2,1-3H3,(H,27,32)(H,28,33). The second kappa shape index (κ2) is 10.6. The highest BCUT2D eigenvalue weighted by molar-refractivity contribution is 7.99. The van der Waals surface area contributed by atoms with Crippen LogP contribution >= 0.6 is 11.8 Å². The third kappa shape index (κ3) is 6.39. The van der Waals surface area contributed by atoms with Crippen LogP contribution in [0.1, 0.15) is 36.7 Å². The summed E-state index contributed by atoms with van der Waals surface area (Å²) in [6.07, 6.45) is 1.59. The molecule has 0 bridgehead atoms. The number of carbonyl (C=O) groups excluding carboxylic acids is 2. The number of anilines is 1. The normalized spacial score (nSPS) is 11.3. The maximum Gasteiger partial charge on any atom is 0.253 e. The number of benzene rings is 2. The van der Waals surface area contributed by atoms with Crippen LogP contribution in [-0.4, -0.2) is 37.9 Å². The topological polar surface area (TPSA) is 102 Å². The lowest BCUT2D eigenvalue weighted by Gasteiger charge is -2.21. The van der Waals surface area contributed by atoms with Crippen LogP contribution < -0.4 is 10.6 Å². The Balaban J connectivity index is 1.49. The minimum Gasteiger partial charge on any atom is -0.461 e. The van der Waals surface area contributed by atoms with Gasteiger partial charge in [-0.25, -0.2) is 0 Å². The van der Waals surface area contributed by atoms with Gasteiger partial charge in [0, 0.05) is 5.54 Å². The Kier molecular flexibility index (Phi) is 7.36. The van der Waals surface area contributed by atoms with Crippen molar-refractivity contribution in [3.63, 3.8) is 0 Å². The minimum atomic E-state index is -0.390. The van der Waals surface area contributed by atoms with Crippen molar-refractivity contribution in [2.45, 2.75) is 38.0 Å². The van der Waals surface area contributed by atoms with E-state index in [4.69, 9.17) is 4.42 Å². The van der Waals surface area contributed by atoms with Gasteiger partial charge in [-0.3, -0.25) is 14.2 Å². The van der Waals surface area contributed by atoms with Crippen LogP contribution in [0.3, 0.4) is 0 Å². The first-order valence-corrected chi connectivity index (χ1v) is 12.1. The quantitative estimate of drug-likeness (QED) is 0.343. The molecule has 2 N–H and O–H groups in total. The molecule has 180 valence electrons. The number of nitrogens with zero attached hydrogens (tertiary/aromatic N) is 3. The van der Waals surface area contributed by atoms with Crippen LogP contribution in [0, 0.1) is 0 Å². The van der Waals surface area contributed by atoms with Crippen LogP contribution in [-0.2, 0) is 11.3 Å². The smallest absolute Gasteiger partial charge is 0.253 e. The van der Waals surface area contributed by atoms with E-state index in [0.29, 0.717) is 34.5 Å². The number of para-hydroxylation sites is 1. The van der Waals surface area contributed by atoms with Crippen molar-refractivity contribution < 1.29 is 14.0 Å². The molecule has 2 amide bonds. The summed E-state index contributed by atoms with van der Waals surface area (Å²) in [4.78, 5) is 25.5. The first kappa shape index (κ1) is 24.3. The molecule has 0 aliphatic heterocycles. The number of amides is 2. The van der Waals surface area contributed by atoms with Gasteiger partial charge in [-0.2, -0.15) is 0 Å². The molecule has 0 aliphatic carbocycles. The van der Waals surface area contributed by atoms with Crippen LogP contribution in [0.5, 0.6) is 0 Å². The fourth-order valence-electron chi connectivity index (χ4n) is 3.41. The number of aromatic nitrogens is 3. The van der Waals surface area contributed by atoms with E-state index < -0.39 is 5.54 Å². The van der Waals surface area contributed by atoms with E-state index in [9.17, 15) is 9.59 Å². The molecule has 35 heavy (non-hydrogen) atoms. The third-order valence-corrected chi connectivity index (χ3v) is 5.88.